The predicted molar refractivity (Wildman–Crippen MR) is 188 cm³/mol. The highest BCUT2D eigenvalue weighted by Gasteiger charge is 2.35. The third-order valence-corrected chi connectivity index (χ3v) is 9.46. The van der Waals surface area contributed by atoms with Gasteiger partial charge < -0.3 is 4.57 Å². The van der Waals surface area contributed by atoms with Crippen molar-refractivity contribution < 1.29 is 0 Å². The van der Waals surface area contributed by atoms with Crippen LogP contribution in [0, 0.1) is 0 Å². The lowest BCUT2D eigenvalue weighted by Crippen LogP contribution is -2.15. The van der Waals surface area contributed by atoms with Crippen LogP contribution in [-0.4, -0.2) is 19.5 Å². The van der Waals surface area contributed by atoms with Crippen LogP contribution in [0.25, 0.3) is 72.8 Å². The molecule has 46 heavy (non-hydrogen) atoms. The predicted octanol–water partition coefficient (Wildman–Crippen LogP) is 10.3. The molecule has 6 aromatic carbocycles. The van der Waals surface area contributed by atoms with Crippen LogP contribution in [-0.2, 0) is 5.41 Å². The van der Waals surface area contributed by atoms with Gasteiger partial charge in [0, 0.05) is 38.6 Å². The minimum atomic E-state index is -0.0849. The second-order valence-corrected chi connectivity index (χ2v) is 12.5. The summed E-state index contributed by atoms with van der Waals surface area (Å²) in [6.45, 7) is 4.67. The third-order valence-electron chi connectivity index (χ3n) is 9.46. The van der Waals surface area contributed by atoms with Crippen molar-refractivity contribution in [1.82, 2.24) is 19.5 Å². The van der Waals surface area contributed by atoms with E-state index in [0.717, 1.165) is 27.9 Å². The summed E-state index contributed by atoms with van der Waals surface area (Å²) >= 11 is 0. The van der Waals surface area contributed by atoms with E-state index < -0.39 is 0 Å². The summed E-state index contributed by atoms with van der Waals surface area (Å²) in [5.74, 6) is 1.97. The van der Waals surface area contributed by atoms with Gasteiger partial charge in [0.15, 0.2) is 17.5 Å². The minimum absolute atomic E-state index is 0.0849. The summed E-state index contributed by atoms with van der Waals surface area (Å²) in [7, 11) is 0. The molecule has 0 radical (unpaired) electrons. The van der Waals surface area contributed by atoms with Crippen LogP contribution in [0.1, 0.15) is 25.0 Å². The molecule has 0 saturated carbocycles. The number of nitrogens with zero attached hydrogens (tertiary/aromatic N) is 4. The molecule has 2 aromatic heterocycles. The average Bonchev–Trinajstić information content (AvgIpc) is 3.57. The summed E-state index contributed by atoms with van der Waals surface area (Å²) in [6, 6.07) is 51.3. The monoisotopic (exact) mass is 590 g/mol. The fourth-order valence-electron chi connectivity index (χ4n) is 7.16. The second kappa shape index (κ2) is 10.1. The Morgan fingerprint density at radius 2 is 1.00 bits per heavy atom. The second-order valence-electron chi connectivity index (χ2n) is 12.5. The Morgan fingerprint density at radius 1 is 0.435 bits per heavy atom. The van der Waals surface area contributed by atoms with Crippen molar-refractivity contribution in [2.24, 2.45) is 0 Å². The molecule has 0 aliphatic heterocycles. The van der Waals surface area contributed by atoms with E-state index in [1.807, 2.05) is 60.7 Å². The first-order valence-electron chi connectivity index (χ1n) is 15.7. The normalized spacial score (nSPS) is 13.2. The van der Waals surface area contributed by atoms with E-state index in [1.54, 1.807) is 0 Å². The van der Waals surface area contributed by atoms with Gasteiger partial charge in [-0.1, -0.05) is 135 Å². The van der Waals surface area contributed by atoms with E-state index in [0.29, 0.717) is 17.5 Å². The lowest BCUT2D eigenvalue weighted by molar-refractivity contribution is 0.660. The van der Waals surface area contributed by atoms with Crippen molar-refractivity contribution in [1.29, 1.82) is 0 Å². The van der Waals surface area contributed by atoms with Gasteiger partial charge in [-0.15, -0.1) is 0 Å². The topological polar surface area (TPSA) is 43.6 Å². The molecule has 1 aliphatic carbocycles. The Labute approximate surface area is 267 Å². The van der Waals surface area contributed by atoms with Gasteiger partial charge in [-0.2, -0.15) is 0 Å². The molecule has 0 bridgehead atoms. The SMILES string of the molecule is CC1(C)c2ccccc2-c2ccc(-n3c4ccccc4c4ccc(-c5nc(-c6ccccc6)nc(-c6ccccc6)n5)cc43)cc21. The van der Waals surface area contributed by atoms with Gasteiger partial charge in [0.1, 0.15) is 0 Å². The van der Waals surface area contributed by atoms with Gasteiger partial charge in [0.05, 0.1) is 11.0 Å². The summed E-state index contributed by atoms with van der Waals surface area (Å²) in [5.41, 5.74) is 11.6. The fourth-order valence-corrected chi connectivity index (χ4v) is 7.16. The Balaban J connectivity index is 1.27. The van der Waals surface area contributed by atoms with Crippen molar-refractivity contribution in [3.8, 4) is 51.0 Å². The van der Waals surface area contributed by atoms with E-state index in [1.165, 1.54) is 38.5 Å². The number of aromatic nitrogens is 4. The summed E-state index contributed by atoms with van der Waals surface area (Å²) in [5, 5.41) is 2.42. The lowest BCUT2D eigenvalue weighted by Gasteiger charge is -2.22. The minimum Gasteiger partial charge on any atom is -0.309 e. The summed E-state index contributed by atoms with van der Waals surface area (Å²) in [4.78, 5) is 14.9. The molecule has 0 unspecified atom stereocenters. The molecule has 8 aromatic rings. The van der Waals surface area contributed by atoms with Crippen LogP contribution in [0.5, 0.6) is 0 Å². The maximum atomic E-state index is 5.02. The van der Waals surface area contributed by atoms with E-state index in [4.69, 9.17) is 15.0 Å². The molecule has 0 saturated heterocycles. The number of para-hydroxylation sites is 1. The van der Waals surface area contributed by atoms with Crippen molar-refractivity contribution in [2.75, 3.05) is 0 Å². The highest BCUT2D eigenvalue weighted by atomic mass is 15.0. The highest BCUT2D eigenvalue weighted by Crippen LogP contribution is 2.49. The number of benzene rings is 6. The van der Waals surface area contributed by atoms with Crippen LogP contribution in [0.4, 0.5) is 0 Å². The Bertz CT molecular complexity index is 2380. The average molecular weight is 591 g/mol. The zero-order valence-corrected chi connectivity index (χ0v) is 25.6. The van der Waals surface area contributed by atoms with Gasteiger partial charge in [-0.05, 0) is 46.5 Å². The number of rotatable bonds is 4. The molecule has 1 aliphatic rings. The van der Waals surface area contributed by atoms with Gasteiger partial charge >= 0.3 is 0 Å². The van der Waals surface area contributed by atoms with Crippen LogP contribution >= 0.6 is 0 Å². The Kier molecular flexibility index (Phi) is 5.81. The third kappa shape index (κ3) is 4.04. The number of hydrogen-bond acceptors (Lipinski definition) is 3. The van der Waals surface area contributed by atoms with E-state index in [9.17, 15) is 0 Å². The summed E-state index contributed by atoms with van der Waals surface area (Å²) in [6.07, 6.45) is 0. The van der Waals surface area contributed by atoms with Gasteiger partial charge in [-0.25, -0.2) is 15.0 Å². The molecule has 4 heteroatoms. The van der Waals surface area contributed by atoms with E-state index in [2.05, 4.69) is 103 Å². The Hall–Kier alpha value is -5.87. The maximum absolute atomic E-state index is 5.02. The van der Waals surface area contributed by atoms with Crippen molar-refractivity contribution in [3.05, 3.63) is 157 Å². The number of hydrogen-bond donors (Lipinski definition) is 0. The van der Waals surface area contributed by atoms with Crippen molar-refractivity contribution in [3.63, 3.8) is 0 Å². The van der Waals surface area contributed by atoms with Gasteiger partial charge in [-0.3, -0.25) is 0 Å². The lowest BCUT2D eigenvalue weighted by atomic mass is 9.82. The van der Waals surface area contributed by atoms with Gasteiger partial charge in [0.25, 0.3) is 0 Å². The number of fused-ring (bicyclic) bond motifs is 6. The molecule has 0 fully saturated rings. The van der Waals surface area contributed by atoms with Crippen LogP contribution < -0.4 is 0 Å². The molecule has 0 spiro atoms. The molecule has 2 heterocycles. The highest BCUT2D eigenvalue weighted by molar-refractivity contribution is 6.10. The largest absolute Gasteiger partial charge is 0.309 e. The molecular formula is C42H30N4. The first-order valence-corrected chi connectivity index (χ1v) is 15.7. The fraction of sp³-hybridized carbons (Fsp3) is 0.0714. The quantitative estimate of drug-likeness (QED) is 0.205. The van der Waals surface area contributed by atoms with Crippen molar-refractivity contribution >= 4 is 21.8 Å². The summed E-state index contributed by atoms with van der Waals surface area (Å²) < 4.78 is 2.39. The molecule has 0 atom stereocenters. The maximum Gasteiger partial charge on any atom is 0.164 e. The molecule has 0 N–H and O–H groups in total. The zero-order valence-electron chi connectivity index (χ0n) is 25.6. The van der Waals surface area contributed by atoms with E-state index in [-0.39, 0.29) is 5.41 Å². The van der Waals surface area contributed by atoms with E-state index >= 15 is 0 Å². The van der Waals surface area contributed by atoms with Crippen LogP contribution in [0.3, 0.4) is 0 Å². The smallest absolute Gasteiger partial charge is 0.164 e. The van der Waals surface area contributed by atoms with Crippen LogP contribution in [0.2, 0.25) is 0 Å². The molecular weight excluding hydrogens is 560 g/mol. The standard InChI is InChI=1S/C42H30N4/c1-42(2)35-19-11-9-17-31(35)32-24-22-30(26-36(32)42)46-37-20-12-10-18-33(37)34-23-21-29(25-38(34)46)41-44-39(27-13-5-3-6-14-27)43-40(45-41)28-15-7-4-8-16-28/h3-26H,1-2H3. The molecule has 218 valence electrons. The van der Waals surface area contributed by atoms with Crippen LogP contribution in [0.15, 0.2) is 146 Å². The zero-order chi connectivity index (χ0) is 30.8. The molecule has 9 rings (SSSR count). The van der Waals surface area contributed by atoms with Gasteiger partial charge in [0.2, 0.25) is 0 Å². The van der Waals surface area contributed by atoms with Crippen molar-refractivity contribution in [2.45, 2.75) is 19.3 Å². The molecule has 4 nitrogen and oxygen atoms in total. The molecule has 0 amide bonds. The first-order chi connectivity index (χ1) is 22.6. The first kappa shape index (κ1) is 26.5. The Morgan fingerprint density at radius 3 is 1.72 bits per heavy atom.